The molecule has 0 N–H and O–H groups in total. The maximum atomic E-state index is 4.79. The van der Waals surface area contributed by atoms with Crippen LogP contribution in [0.25, 0.3) is 11.4 Å². The number of hydrogen-bond donors (Lipinski definition) is 0. The lowest BCUT2D eigenvalue weighted by Crippen LogP contribution is -2.19. The molecule has 0 atom stereocenters. The van der Waals surface area contributed by atoms with E-state index in [0.717, 1.165) is 35.0 Å². The maximum Gasteiger partial charge on any atom is 0.163 e. The lowest BCUT2D eigenvalue weighted by Gasteiger charge is -2.18. The van der Waals surface area contributed by atoms with Gasteiger partial charge in [0.25, 0.3) is 0 Å². The minimum absolute atomic E-state index is 0.158. The molecule has 0 saturated heterocycles. The Hall–Kier alpha value is -3.40. The SMILES string of the molecule is CC(C)(C)c1nc(Cc2cccnc2)nc(-c2ccc(Cc3ccccc3)cc2)n1. The van der Waals surface area contributed by atoms with E-state index in [1.165, 1.54) is 11.1 Å². The largest absolute Gasteiger partial charge is 0.264 e. The molecule has 0 fully saturated rings. The Morgan fingerprint density at radius 2 is 1.37 bits per heavy atom. The van der Waals surface area contributed by atoms with Gasteiger partial charge in [0.05, 0.1) is 0 Å². The van der Waals surface area contributed by atoms with Crippen molar-refractivity contribution in [1.82, 2.24) is 19.9 Å². The van der Waals surface area contributed by atoms with Crippen LogP contribution < -0.4 is 0 Å². The van der Waals surface area contributed by atoms with Gasteiger partial charge in [0.1, 0.15) is 11.6 Å². The third-order valence-electron chi connectivity index (χ3n) is 4.90. The summed E-state index contributed by atoms with van der Waals surface area (Å²) in [7, 11) is 0. The zero-order valence-electron chi connectivity index (χ0n) is 17.7. The number of pyridine rings is 1. The first-order valence-electron chi connectivity index (χ1n) is 10.2. The normalized spacial score (nSPS) is 11.4. The molecule has 0 radical (unpaired) electrons. The Morgan fingerprint density at radius 3 is 2.03 bits per heavy atom. The second-order valence-electron chi connectivity index (χ2n) is 8.55. The molecule has 2 aromatic heterocycles. The lowest BCUT2D eigenvalue weighted by atomic mass is 9.95. The minimum Gasteiger partial charge on any atom is -0.264 e. The fourth-order valence-corrected chi connectivity index (χ4v) is 3.25. The van der Waals surface area contributed by atoms with Crippen LogP contribution >= 0.6 is 0 Å². The highest BCUT2D eigenvalue weighted by atomic mass is 15.0. The molecule has 4 aromatic rings. The van der Waals surface area contributed by atoms with E-state index in [0.29, 0.717) is 6.42 Å². The highest BCUT2D eigenvalue weighted by Gasteiger charge is 2.20. The molecule has 0 aliphatic heterocycles. The Balaban J connectivity index is 1.64. The van der Waals surface area contributed by atoms with Gasteiger partial charge in [0.2, 0.25) is 0 Å². The maximum absolute atomic E-state index is 4.79. The molecule has 4 rings (SSSR count). The van der Waals surface area contributed by atoms with E-state index in [2.05, 4.69) is 74.3 Å². The van der Waals surface area contributed by atoms with Gasteiger partial charge in [-0.2, -0.15) is 0 Å². The summed E-state index contributed by atoms with van der Waals surface area (Å²) in [5, 5.41) is 0. The van der Waals surface area contributed by atoms with Crippen LogP contribution in [0.3, 0.4) is 0 Å². The lowest BCUT2D eigenvalue weighted by molar-refractivity contribution is 0.538. The standard InChI is InChI=1S/C26H26N4/c1-26(2,3)25-29-23(17-21-10-7-15-27-18-21)28-24(30-25)22-13-11-20(12-14-22)16-19-8-5-4-6-9-19/h4-15,18H,16-17H2,1-3H3. The number of nitrogens with zero attached hydrogens (tertiary/aromatic N) is 4. The predicted octanol–water partition coefficient (Wildman–Crippen LogP) is 5.41. The summed E-state index contributed by atoms with van der Waals surface area (Å²) in [6.45, 7) is 6.38. The highest BCUT2D eigenvalue weighted by molar-refractivity contribution is 5.55. The smallest absolute Gasteiger partial charge is 0.163 e. The summed E-state index contributed by atoms with van der Waals surface area (Å²) in [5.41, 5.74) is 4.51. The van der Waals surface area contributed by atoms with Gasteiger partial charge in [-0.3, -0.25) is 4.98 Å². The summed E-state index contributed by atoms with van der Waals surface area (Å²) in [5.74, 6) is 2.30. The molecule has 0 aliphatic carbocycles. The van der Waals surface area contributed by atoms with Crippen molar-refractivity contribution in [1.29, 1.82) is 0 Å². The second-order valence-corrected chi connectivity index (χ2v) is 8.55. The van der Waals surface area contributed by atoms with E-state index in [4.69, 9.17) is 15.0 Å². The van der Waals surface area contributed by atoms with Crippen molar-refractivity contribution in [2.75, 3.05) is 0 Å². The monoisotopic (exact) mass is 394 g/mol. The first-order valence-corrected chi connectivity index (χ1v) is 10.2. The Labute approximate surface area is 178 Å². The highest BCUT2D eigenvalue weighted by Crippen LogP contribution is 2.23. The van der Waals surface area contributed by atoms with Gasteiger partial charge < -0.3 is 0 Å². The zero-order valence-corrected chi connectivity index (χ0v) is 17.7. The van der Waals surface area contributed by atoms with Gasteiger partial charge in [0, 0.05) is 29.8 Å². The number of benzene rings is 2. The molecule has 0 saturated carbocycles. The van der Waals surface area contributed by atoms with Crippen LogP contribution in [0.2, 0.25) is 0 Å². The summed E-state index contributed by atoms with van der Waals surface area (Å²) in [6.07, 6.45) is 5.19. The van der Waals surface area contributed by atoms with E-state index in [-0.39, 0.29) is 5.41 Å². The molecule has 0 bridgehead atoms. The van der Waals surface area contributed by atoms with Crippen molar-refractivity contribution in [3.63, 3.8) is 0 Å². The fraction of sp³-hybridized carbons (Fsp3) is 0.231. The van der Waals surface area contributed by atoms with E-state index >= 15 is 0 Å². The molecule has 2 aromatic carbocycles. The number of aromatic nitrogens is 4. The van der Waals surface area contributed by atoms with Gasteiger partial charge in [0.15, 0.2) is 5.82 Å². The van der Waals surface area contributed by atoms with Crippen LogP contribution in [0.4, 0.5) is 0 Å². The molecule has 0 aliphatic rings. The van der Waals surface area contributed by atoms with Crippen molar-refractivity contribution >= 4 is 0 Å². The molecule has 2 heterocycles. The summed E-state index contributed by atoms with van der Waals surface area (Å²) in [6, 6.07) is 23.0. The second kappa shape index (κ2) is 8.54. The molecule has 30 heavy (non-hydrogen) atoms. The van der Waals surface area contributed by atoms with Crippen LogP contribution in [0.5, 0.6) is 0 Å². The first-order chi connectivity index (χ1) is 14.5. The molecule has 0 amide bonds. The molecule has 4 heteroatoms. The van der Waals surface area contributed by atoms with E-state index in [1.54, 1.807) is 6.20 Å². The number of hydrogen-bond acceptors (Lipinski definition) is 4. The minimum atomic E-state index is -0.158. The average molecular weight is 395 g/mol. The van der Waals surface area contributed by atoms with Crippen molar-refractivity contribution < 1.29 is 0 Å². The van der Waals surface area contributed by atoms with Gasteiger partial charge in [-0.25, -0.2) is 15.0 Å². The van der Waals surface area contributed by atoms with E-state index < -0.39 is 0 Å². The summed E-state index contributed by atoms with van der Waals surface area (Å²) < 4.78 is 0. The van der Waals surface area contributed by atoms with E-state index in [1.807, 2.05) is 24.4 Å². The van der Waals surface area contributed by atoms with Crippen molar-refractivity contribution in [2.45, 2.75) is 39.0 Å². The third-order valence-corrected chi connectivity index (χ3v) is 4.90. The van der Waals surface area contributed by atoms with Crippen molar-refractivity contribution in [3.8, 4) is 11.4 Å². The van der Waals surface area contributed by atoms with Gasteiger partial charge >= 0.3 is 0 Å². The van der Waals surface area contributed by atoms with Gasteiger partial charge in [-0.15, -0.1) is 0 Å². The van der Waals surface area contributed by atoms with Crippen LogP contribution in [0.15, 0.2) is 79.1 Å². The molecule has 0 spiro atoms. The summed E-state index contributed by atoms with van der Waals surface area (Å²) in [4.78, 5) is 18.5. The predicted molar refractivity (Wildman–Crippen MR) is 120 cm³/mol. The molecular weight excluding hydrogens is 368 g/mol. The van der Waals surface area contributed by atoms with Crippen molar-refractivity contribution in [2.24, 2.45) is 0 Å². The van der Waals surface area contributed by atoms with Crippen molar-refractivity contribution in [3.05, 3.63) is 107 Å². The molecule has 150 valence electrons. The average Bonchev–Trinajstić information content (AvgIpc) is 2.75. The molecule has 0 unspecified atom stereocenters. The Kier molecular flexibility index (Phi) is 5.66. The Bertz CT molecular complexity index is 1100. The van der Waals surface area contributed by atoms with Gasteiger partial charge in [-0.05, 0) is 29.2 Å². The quantitative estimate of drug-likeness (QED) is 0.454. The molecule has 4 nitrogen and oxygen atoms in total. The van der Waals surface area contributed by atoms with E-state index in [9.17, 15) is 0 Å². The van der Waals surface area contributed by atoms with Crippen LogP contribution in [-0.2, 0) is 18.3 Å². The first kappa shape index (κ1) is 19.9. The fourth-order valence-electron chi connectivity index (χ4n) is 3.25. The van der Waals surface area contributed by atoms with Crippen LogP contribution in [-0.4, -0.2) is 19.9 Å². The van der Waals surface area contributed by atoms with Crippen LogP contribution in [0.1, 0.15) is 49.1 Å². The third kappa shape index (κ3) is 4.95. The summed E-state index contributed by atoms with van der Waals surface area (Å²) >= 11 is 0. The topological polar surface area (TPSA) is 51.6 Å². The Morgan fingerprint density at radius 1 is 0.667 bits per heavy atom. The number of rotatable bonds is 5. The zero-order chi connectivity index (χ0) is 21.0. The van der Waals surface area contributed by atoms with Gasteiger partial charge in [-0.1, -0.05) is 81.4 Å². The molecular formula is C26H26N4. The van der Waals surface area contributed by atoms with Crippen LogP contribution in [0, 0.1) is 0 Å².